The molecule has 1 heterocycles. The number of aliphatic hydroxyl groups is 1. The molecule has 6 heteroatoms. The van der Waals surface area contributed by atoms with Crippen molar-refractivity contribution >= 4 is 0 Å². The summed E-state index contributed by atoms with van der Waals surface area (Å²) in [7, 11) is 0. The van der Waals surface area contributed by atoms with Crippen molar-refractivity contribution in [2.45, 2.75) is 19.2 Å². The van der Waals surface area contributed by atoms with Gasteiger partial charge in [-0.05, 0) is 23.3 Å². The zero-order valence-corrected chi connectivity index (χ0v) is 16.4. The summed E-state index contributed by atoms with van der Waals surface area (Å²) in [5.41, 5.74) is 4.35. The zero-order valence-electron chi connectivity index (χ0n) is 16.4. The Kier molecular flexibility index (Phi) is 6.27. The Balaban J connectivity index is 1.50. The van der Waals surface area contributed by atoms with E-state index < -0.39 is 6.10 Å². The van der Waals surface area contributed by atoms with Crippen LogP contribution in [0.4, 0.5) is 4.39 Å². The van der Waals surface area contributed by atoms with E-state index >= 15 is 0 Å². The minimum atomic E-state index is -0.597. The molecule has 0 aliphatic rings. The molecule has 0 radical (unpaired) electrons. The molecule has 4 aromatic rings. The highest BCUT2D eigenvalue weighted by atomic mass is 19.1. The molecule has 5 nitrogen and oxygen atoms in total. The van der Waals surface area contributed by atoms with E-state index in [2.05, 4.69) is 15.5 Å². The molecule has 0 bridgehead atoms. The molecule has 0 unspecified atom stereocenters. The average Bonchev–Trinajstić information content (AvgIpc) is 3.19. The van der Waals surface area contributed by atoms with Gasteiger partial charge in [0, 0.05) is 18.7 Å². The van der Waals surface area contributed by atoms with Gasteiger partial charge >= 0.3 is 0 Å². The summed E-state index contributed by atoms with van der Waals surface area (Å²) in [6.07, 6.45) is -0.597. The summed E-state index contributed by atoms with van der Waals surface area (Å²) in [6.45, 7) is 1.33. The van der Waals surface area contributed by atoms with Gasteiger partial charge in [0.25, 0.3) is 0 Å². The van der Waals surface area contributed by atoms with Crippen LogP contribution in [-0.4, -0.2) is 26.6 Å². The molecule has 2 N–H and O–H groups in total. The maximum absolute atomic E-state index is 13.2. The van der Waals surface area contributed by atoms with Crippen molar-refractivity contribution in [3.63, 3.8) is 0 Å². The third kappa shape index (κ3) is 4.97. The highest BCUT2D eigenvalue weighted by molar-refractivity contribution is 5.60. The van der Waals surface area contributed by atoms with Crippen LogP contribution in [0.2, 0.25) is 0 Å². The zero-order chi connectivity index (χ0) is 20.8. The summed E-state index contributed by atoms with van der Waals surface area (Å²) in [6, 6.07) is 25.8. The van der Waals surface area contributed by atoms with Gasteiger partial charge in [-0.2, -0.15) is 15.0 Å². The second-order valence-electron chi connectivity index (χ2n) is 7.08. The molecule has 4 rings (SSSR count). The number of halogens is 1. The highest BCUT2D eigenvalue weighted by Crippen LogP contribution is 2.21. The van der Waals surface area contributed by atoms with E-state index in [0.717, 1.165) is 28.1 Å². The molecule has 0 aliphatic carbocycles. The van der Waals surface area contributed by atoms with Gasteiger partial charge in [-0.3, -0.25) is 0 Å². The van der Waals surface area contributed by atoms with Crippen LogP contribution >= 0.6 is 0 Å². The third-order valence-corrected chi connectivity index (χ3v) is 4.82. The Morgan fingerprint density at radius 2 is 1.53 bits per heavy atom. The lowest BCUT2D eigenvalue weighted by molar-refractivity contribution is 0.174. The largest absolute Gasteiger partial charge is 0.387 e. The van der Waals surface area contributed by atoms with Crippen LogP contribution in [0, 0.1) is 5.82 Å². The number of benzene rings is 3. The van der Waals surface area contributed by atoms with Crippen LogP contribution in [0.1, 0.15) is 22.9 Å². The first-order chi connectivity index (χ1) is 14.7. The van der Waals surface area contributed by atoms with Crippen LogP contribution in [0.15, 0.2) is 84.9 Å². The second kappa shape index (κ2) is 9.43. The third-order valence-electron chi connectivity index (χ3n) is 4.82. The molecule has 1 atom stereocenters. The first kappa shape index (κ1) is 19.9. The van der Waals surface area contributed by atoms with E-state index in [4.69, 9.17) is 0 Å². The van der Waals surface area contributed by atoms with Gasteiger partial charge in [-0.15, -0.1) is 0 Å². The predicted molar refractivity (Wildman–Crippen MR) is 114 cm³/mol. The normalized spacial score (nSPS) is 12.1. The monoisotopic (exact) mass is 402 g/mol. The molecule has 152 valence electrons. The van der Waals surface area contributed by atoms with Gasteiger partial charge < -0.3 is 10.4 Å². The van der Waals surface area contributed by atoms with Crippen LogP contribution in [-0.2, 0) is 13.1 Å². The fourth-order valence-corrected chi connectivity index (χ4v) is 3.27. The molecular formula is C24H23FN4O. The van der Waals surface area contributed by atoms with E-state index in [-0.39, 0.29) is 5.82 Å². The second-order valence-corrected chi connectivity index (χ2v) is 7.08. The minimum Gasteiger partial charge on any atom is -0.387 e. The maximum atomic E-state index is 13.2. The van der Waals surface area contributed by atoms with Crippen molar-refractivity contribution in [1.29, 1.82) is 0 Å². The number of hydrogen-bond acceptors (Lipinski definition) is 4. The van der Waals surface area contributed by atoms with Crippen molar-refractivity contribution in [2.24, 2.45) is 0 Å². The standard InChI is InChI=1S/C24H23FN4O/c25-21-13-11-18(12-14-21)17-29-27-22(24(28-29)20-9-5-2-6-10-20)15-26-16-23(30)19-7-3-1-4-8-19/h1-14,23,26,30H,15-17H2/t23-/m0/s1. The van der Waals surface area contributed by atoms with Crippen LogP contribution in [0.25, 0.3) is 11.3 Å². The lowest BCUT2D eigenvalue weighted by Crippen LogP contribution is -2.21. The molecular weight excluding hydrogens is 379 g/mol. The molecule has 30 heavy (non-hydrogen) atoms. The van der Waals surface area contributed by atoms with Gasteiger partial charge in [0.1, 0.15) is 17.2 Å². The van der Waals surface area contributed by atoms with E-state index in [1.165, 1.54) is 12.1 Å². The van der Waals surface area contributed by atoms with E-state index in [0.29, 0.717) is 19.6 Å². The Bertz CT molecular complexity index is 1070. The van der Waals surface area contributed by atoms with Crippen molar-refractivity contribution in [1.82, 2.24) is 20.3 Å². The summed E-state index contributed by atoms with van der Waals surface area (Å²) in [5.74, 6) is -0.265. The average molecular weight is 402 g/mol. The number of hydrogen-bond donors (Lipinski definition) is 2. The smallest absolute Gasteiger partial charge is 0.123 e. The van der Waals surface area contributed by atoms with Crippen molar-refractivity contribution in [2.75, 3.05) is 6.54 Å². The van der Waals surface area contributed by atoms with Crippen LogP contribution in [0.5, 0.6) is 0 Å². The predicted octanol–water partition coefficient (Wildman–Crippen LogP) is 3.96. The number of nitrogens with one attached hydrogen (secondary N) is 1. The van der Waals surface area contributed by atoms with Crippen LogP contribution in [0.3, 0.4) is 0 Å². The maximum Gasteiger partial charge on any atom is 0.123 e. The molecule has 3 aromatic carbocycles. The quantitative estimate of drug-likeness (QED) is 0.468. The lowest BCUT2D eigenvalue weighted by atomic mass is 10.1. The number of aliphatic hydroxyl groups excluding tert-OH is 1. The van der Waals surface area contributed by atoms with Gasteiger partial charge in [0.15, 0.2) is 0 Å². The fourth-order valence-electron chi connectivity index (χ4n) is 3.27. The Labute approximate surface area is 174 Å². The first-order valence-corrected chi connectivity index (χ1v) is 9.86. The van der Waals surface area contributed by atoms with E-state index in [1.54, 1.807) is 16.9 Å². The Hall–Kier alpha value is -3.35. The minimum absolute atomic E-state index is 0.265. The van der Waals surface area contributed by atoms with E-state index in [9.17, 15) is 9.50 Å². The fraction of sp³-hybridized carbons (Fsp3) is 0.167. The highest BCUT2D eigenvalue weighted by Gasteiger charge is 2.14. The van der Waals surface area contributed by atoms with Gasteiger partial charge in [0.05, 0.1) is 12.6 Å². The molecule has 0 fully saturated rings. The van der Waals surface area contributed by atoms with Crippen molar-refractivity contribution in [3.8, 4) is 11.3 Å². The molecule has 0 spiro atoms. The van der Waals surface area contributed by atoms with Crippen LogP contribution < -0.4 is 5.32 Å². The topological polar surface area (TPSA) is 63.0 Å². The van der Waals surface area contributed by atoms with Crippen molar-refractivity contribution in [3.05, 3.63) is 108 Å². The van der Waals surface area contributed by atoms with Gasteiger partial charge in [-0.25, -0.2) is 4.39 Å². The van der Waals surface area contributed by atoms with E-state index in [1.807, 2.05) is 60.7 Å². The molecule has 0 aliphatic heterocycles. The van der Waals surface area contributed by atoms with Gasteiger partial charge in [-0.1, -0.05) is 72.8 Å². The number of rotatable bonds is 8. The summed E-state index contributed by atoms with van der Waals surface area (Å²) >= 11 is 0. The summed E-state index contributed by atoms with van der Waals surface area (Å²) in [5, 5.41) is 23.0. The molecule has 0 amide bonds. The van der Waals surface area contributed by atoms with Crippen molar-refractivity contribution < 1.29 is 9.50 Å². The molecule has 1 aromatic heterocycles. The number of aromatic nitrogens is 3. The van der Waals surface area contributed by atoms with Gasteiger partial charge in [0.2, 0.25) is 0 Å². The molecule has 0 saturated heterocycles. The lowest BCUT2D eigenvalue weighted by Gasteiger charge is -2.11. The summed E-state index contributed by atoms with van der Waals surface area (Å²) < 4.78 is 13.2. The Morgan fingerprint density at radius 1 is 0.867 bits per heavy atom. The Morgan fingerprint density at radius 3 is 2.23 bits per heavy atom. The number of nitrogens with zero attached hydrogens (tertiary/aromatic N) is 3. The summed E-state index contributed by atoms with van der Waals surface area (Å²) in [4.78, 5) is 1.63. The first-order valence-electron chi connectivity index (χ1n) is 9.86. The molecule has 0 saturated carbocycles. The SMILES string of the molecule is O[C@@H](CNCc1nn(Cc2ccc(F)cc2)nc1-c1ccccc1)c1ccccc1.